The van der Waals surface area contributed by atoms with E-state index in [2.05, 4.69) is 58.9 Å². The highest BCUT2D eigenvalue weighted by Gasteiger charge is 2.23. The van der Waals surface area contributed by atoms with Crippen LogP contribution < -0.4 is 5.73 Å². The molecule has 0 saturated heterocycles. The average Bonchev–Trinajstić information content (AvgIpc) is 2.35. The molecular formula is C17H29NO. The lowest BCUT2D eigenvalue weighted by Crippen LogP contribution is -2.32. The molecule has 0 amide bonds. The summed E-state index contributed by atoms with van der Waals surface area (Å²) in [4.78, 5) is 0. The van der Waals surface area contributed by atoms with Gasteiger partial charge in [-0.1, -0.05) is 45.0 Å². The van der Waals surface area contributed by atoms with Gasteiger partial charge in [-0.2, -0.15) is 0 Å². The summed E-state index contributed by atoms with van der Waals surface area (Å²) in [5.41, 5.74) is 8.76. The van der Waals surface area contributed by atoms with Crippen LogP contribution >= 0.6 is 0 Å². The summed E-state index contributed by atoms with van der Waals surface area (Å²) in [6, 6.07) is 8.44. The van der Waals surface area contributed by atoms with Gasteiger partial charge < -0.3 is 10.5 Å². The summed E-state index contributed by atoms with van der Waals surface area (Å²) in [7, 11) is 0. The second-order valence-electron chi connectivity index (χ2n) is 5.93. The van der Waals surface area contributed by atoms with Gasteiger partial charge >= 0.3 is 0 Å². The van der Waals surface area contributed by atoms with Crippen molar-refractivity contribution < 1.29 is 4.74 Å². The fourth-order valence-electron chi connectivity index (χ4n) is 2.49. The fourth-order valence-corrected chi connectivity index (χ4v) is 2.49. The normalized spacial score (nSPS) is 16.4. The van der Waals surface area contributed by atoms with Gasteiger partial charge in [-0.15, -0.1) is 0 Å². The van der Waals surface area contributed by atoms with Crippen LogP contribution in [-0.2, 0) is 4.74 Å². The van der Waals surface area contributed by atoms with Crippen molar-refractivity contribution in [3.8, 4) is 0 Å². The van der Waals surface area contributed by atoms with E-state index in [-0.39, 0.29) is 18.2 Å². The Morgan fingerprint density at radius 2 is 1.79 bits per heavy atom. The van der Waals surface area contributed by atoms with Crippen molar-refractivity contribution in [2.45, 2.75) is 65.7 Å². The molecule has 0 aliphatic carbocycles. The van der Waals surface area contributed by atoms with E-state index < -0.39 is 0 Å². The molecule has 0 saturated carbocycles. The topological polar surface area (TPSA) is 35.2 Å². The molecule has 0 aliphatic heterocycles. The molecule has 1 rings (SSSR count). The van der Waals surface area contributed by atoms with Gasteiger partial charge in [-0.05, 0) is 43.7 Å². The van der Waals surface area contributed by atoms with Gasteiger partial charge in [0.05, 0.1) is 12.2 Å². The van der Waals surface area contributed by atoms with Crippen LogP contribution in [0, 0.1) is 12.8 Å². The Balaban J connectivity index is 2.87. The van der Waals surface area contributed by atoms with Crippen LogP contribution in [0.2, 0.25) is 0 Å². The van der Waals surface area contributed by atoms with Crippen molar-refractivity contribution in [2.24, 2.45) is 11.7 Å². The van der Waals surface area contributed by atoms with E-state index in [9.17, 15) is 0 Å². The maximum absolute atomic E-state index is 6.27. The SMILES string of the molecule is CCC(N)C(OC(C)CC(C)C)c1ccccc1C. The molecule has 0 aromatic heterocycles. The van der Waals surface area contributed by atoms with E-state index in [1.54, 1.807) is 0 Å². The van der Waals surface area contributed by atoms with Crippen molar-refractivity contribution in [3.05, 3.63) is 35.4 Å². The Morgan fingerprint density at radius 3 is 2.32 bits per heavy atom. The molecule has 3 atom stereocenters. The molecule has 0 heterocycles. The van der Waals surface area contributed by atoms with Crippen molar-refractivity contribution in [1.82, 2.24) is 0 Å². The first-order valence-electron chi connectivity index (χ1n) is 7.42. The molecule has 0 bridgehead atoms. The minimum Gasteiger partial charge on any atom is -0.369 e. The number of rotatable bonds is 7. The third kappa shape index (κ3) is 4.96. The van der Waals surface area contributed by atoms with E-state index in [1.165, 1.54) is 11.1 Å². The van der Waals surface area contributed by atoms with Gasteiger partial charge in [0.25, 0.3) is 0 Å². The number of ether oxygens (including phenoxy) is 1. The van der Waals surface area contributed by atoms with Crippen molar-refractivity contribution >= 4 is 0 Å². The standard InChI is InChI=1S/C17H29NO/c1-6-16(18)17(19-14(5)11-12(2)3)15-10-8-7-9-13(15)4/h7-10,12,14,16-17H,6,11,18H2,1-5H3. The fraction of sp³-hybridized carbons (Fsp3) is 0.647. The van der Waals surface area contributed by atoms with Crippen molar-refractivity contribution in [2.75, 3.05) is 0 Å². The predicted molar refractivity (Wildman–Crippen MR) is 82.2 cm³/mol. The van der Waals surface area contributed by atoms with Crippen LogP contribution in [0.3, 0.4) is 0 Å². The Hall–Kier alpha value is -0.860. The van der Waals surface area contributed by atoms with Crippen LogP contribution in [0.5, 0.6) is 0 Å². The molecule has 3 unspecified atom stereocenters. The highest BCUT2D eigenvalue weighted by molar-refractivity contribution is 5.28. The molecule has 2 nitrogen and oxygen atoms in total. The Labute approximate surface area is 118 Å². The zero-order valence-electron chi connectivity index (χ0n) is 13.0. The summed E-state index contributed by atoms with van der Waals surface area (Å²) < 4.78 is 6.26. The zero-order chi connectivity index (χ0) is 14.4. The van der Waals surface area contributed by atoms with Crippen LogP contribution in [0.15, 0.2) is 24.3 Å². The van der Waals surface area contributed by atoms with Crippen LogP contribution in [0.1, 0.15) is 57.8 Å². The van der Waals surface area contributed by atoms with Crippen LogP contribution in [0.25, 0.3) is 0 Å². The lowest BCUT2D eigenvalue weighted by Gasteiger charge is -2.29. The first kappa shape index (κ1) is 16.2. The number of hydrogen-bond acceptors (Lipinski definition) is 2. The van der Waals surface area contributed by atoms with E-state index in [0.29, 0.717) is 5.92 Å². The van der Waals surface area contributed by atoms with Gasteiger partial charge in [0.1, 0.15) is 0 Å². The quantitative estimate of drug-likeness (QED) is 0.799. The highest BCUT2D eigenvalue weighted by Crippen LogP contribution is 2.27. The lowest BCUT2D eigenvalue weighted by atomic mass is 9.96. The molecule has 0 radical (unpaired) electrons. The molecule has 2 heteroatoms. The van der Waals surface area contributed by atoms with E-state index >= 15 is 0 Å². The summed E-state index contributed by atoms with van der Waals surface area (Å²) in [5, 5.41) is 0. The molecule has 1 aromatic rings. The monoisotopic (exact) mass is 263 g/mol. The molecule has 0 aliphatic rings. The summed E-state index contributed by atoms with van der Waals surface area (Å²) in [5.74, 6) is 0.644. The van der Waals surface area contributed by atoms with Gasteiger partial charge in [0, 0.05) is 6.04 Å². The summed E-state index contributed by atoms with van der Waals surface area (Å²) >= 11 is 0. The zero-order valence-corrected chi connectivity index (χ0v) is 13.0. The smallest absolute Gasteiger partial charge is 0.0981 e. The van der Waals surface area contributed by atoms with Crippen molar-refractivity contribution in [3.63, 3.8) is 0 Å². The van der Waals surface area contributed by atoms with Crippen LogP contribution in [-0.4, -0.2) is 12.1 Å². The van der Waals surface area contributed by atoms with E-state index in [4.69, 9.17) is 10.5 Å². The van der Waals surface area contributed by atoms with E-state index in [1.807, 2.05) is 0 Å². The number of benzene rings is 1. The maximum Gasteiger partial charge on any atom is 0.0981 e. The second kappa shape index (κ2) is 7.66. The summed E-state index contributed by atoms with van der Waals surface area (Å²) in [6.45, 7) is 10.8. The van der Waals surface area contributed by atoms with Gasteiger partial charge in [-0.25, -0.2) is 0 Å². The number of aryl methyl sites for hydroxylation is 1. The molecule has 19 heavy (non-hydrogen) atoms. The molecule has 108 valence electrons. The average molecular weight is 263 g/mol. The Kier molecular flexibility index (Phi) is 6.53. The largest absolute Gasteiger partial charge is 0.369 e. The number of nitrogens with two attached hydrogens (primary N) is 1. The molecule has 0 fully saturated rings. The first-order chi connectivity index (χ1) is 8.95. The molecule has 1 aromatic carbocycles. The predicted octanol–water partition coefficient (Wildman–Crippen LogP) is 4.22. The van der Waals surface area contributed by atoms with Crippen LogP contribution in [0.4, 0.5) is 0 Å². The number of hydrogen-bond donors (Lipinski definition) is 1. The first-order valence-corrected chi connectivity index (χ1v) is 7.42. The third-order valence-corrected chi connectivity index (χ3v) is 3.54. The molecular weight excluding hydrogens is 234 g/mol. The minimum atomic E-state index is -0.0000463. The van der Waals surface area contributed by atoms with Gasteiger partial charge in [0.15, 0.2) is 0 Å². The van der Waals surface area contributed by atoms with Gasteiger partial charge in [-0.3, -0.25) is 0 Å². The lowest BCUT2D eigenvalue weighted by molar-refractivity contribution is -0.0273. The minimum absolute atomic E-state index is 0.0000463. The van der Waals surface area contributed by atoms with Crippen molar-refractivity contribution in [1.29, 1.82) is 0 Å². The van der Waals surface area contributed by atoms with E-state index in [0.717, 1.165) is 12.8 Å². The molecule has 0 spiro atoms. The Morgan fingerprint density at radius 1 is 1.16 bits per heavy atom. The summed E-state index contributed by atoms with van der Waals surface area (Å²) in [6.07, 6.45) is 2.23. The molecule has 2 N–H and O–H groups in total. The third-order valence-electron chi connectivity index (χ3n) is 3.54. The Bertz CT molecular complexity index is 375. The van der Waals surface area contributed by atoms with Gasteiger partial charge in [0.2, 0.25) is 0 Å². The maximum atomic E-state index is 6.27. The highest BCUT2D eigenvalue weighted by atomic mass is 16.5. The second-order valence-corrected chi connectivity index (χ2v) is 5.93.